The summed E-state index contributed by atoms with van der Waals surface area (Å²) in [5.74, 6) is 0.317. The Balaban J connectivity index is 1.71. The van der Waals surface area contributed by atoms with Crippen molar-refractivity contribution >= 4 is 34.4 Å². The zero-order valence-corrected chi connectivity index (χ0v) is 18.9. The average molecular weight is 422 g/mol. The van der Waals surface area contributed by atoms with Crippen molar-refractivity contribution in [1.82, 2.24) is 10.3 Å². The van der Waals surface area contributed by atoms with E-state index < -0.39 is 0 Å². The van der Waals surface area contributed by atoms with Crippen molar-refractivity contribution in [3.63, 3.8) is 0 Å². The first-order chi connectivity index (χ1) is 14.6. The Labute approximate surface area is 183 Å². The molecule has 1 heterocycles. The molecule has 2 amide bonds. The highest BCUT2D eigenvalue weighted by atomic mass is 32.2. The first kappa shape index (κ1) is 22.2. The molecule has 158 valence electrons. The molecule has 1 atom stereocenters. The predicted molar refractivity (Wildman–Crippen MR) is 129 cm³/mol. The molecule has 1 unspecified atom stereocenters. The summed E-state index contributed by atoms with van der Waals surface area (Å²) in [7, 11) is 0. The van der Waals surface area contributed by atoms with E-state index in [0.717, 1.165) is 27.9 Å². The Morgan fingerprint density at radius 2 is 1.90 bits per heavy atom. The maximum absolute atomic E-state index is 12.8. The van der Waals surface area contributed by atoms with E-state index in [2.05, 4.69) is 53.7 Å². The minimum atomic E-state index is -0.172. The topological polar surface area (TPSA) is 54.0 Å². The van der Waals surface area contributed by atoms with Crippen molar-refractivity contribution in [2.75, 3.05) is 18.1 Å². The van der Waals surface area contributed by atoms with E-state index in [1.165, 1.54) is 30.4 Å². The van der Waals surface area contributed by atoms with Crippen LogP contribution >= 0.6 is 11.8 Å². The van der Waals surface area contributed by atoms with Gasteiger partial charge in [0.05, 0.1) is 11.2 Å². The van der Waals surface area contributed by atoms with Crippen LogP contribution < -0.4 is 10.6 Å². The fourth-order valence-corrected chi connectivity index (χ4v) is 4.24. The summed E-state index contributed by atoms with van der Waals surface area (Å²) in [6, 6.07) is 16.4. The van der Waals surface area contributed by atoms with Gasteiger partial charge in [-0.3, -0.25) is 4.98 Å². The van der Waals surface area contributed by atoms with Gasteiger partial charge in [-0.15, -0.1) is 11.8 Å². The quantitative estimate of drug-likeness (QED) is 0.297. The van der Waals surface area contributed by atoms with Crippen LogP contribution in [-0.2, 0) is 0 Å². The Hall–Kier alpha value is -2.53. The van der Waals surface area contributed by atoms with Gasteiger partial charge in [0.2, 0.25) is 0 Å². The Morgan fingerprint density at radius 3 is 2.63 bits per heavy atom. The smallest absolute Gasteiger partial charge is 0.319 e. The number of urea groups is 1. The summed E-state index contributed by atoms with van der Waals surface area (Å²) in [6.45, 7) is 4.94. The third-order valence-corrected chi connectivity index (χ3v) is 6.20. The van der Waals surface area contributed by atoms with E-state index in [9.17, 15) is 4.79 Å². The summed E-state index contributed by atoms with van der Waals surface area (Å²) in [6.07, 6.45) is 8.44. The highest BCUT2D eigenvalue weighted by Gasteiger charge is 2.15. The number of benzene rings is 2. The van der Waals surface area contributed by atoms with Crippen molar-refractivity contribution in [2.24, 2.45) is 0 Å². The standard InChI is InChI=1S/C25H31N3OS/c1-4-5-6-8-20(19-12-10-18(2)11-13-19)17-27-25(29)28-24-21-9-7-16-26-22(21)14-15-23(24)30-3/h7,9-16,20H,4-6,8,17H2,1-3H3,(H2,27,28,29). The third kappa shape index (κ3) is 5.76. The molecule has 0 fully saturated rings. The maximum atomic E-state index is 12.8. The van der Waals surface area contributed by atoms with Crippen LogP contribution in [0.2, 0.25) is 0 Å². The summed E-state index contributed by atoms with van der Waals surface area (Å²) in [4.78, 5) is 18.2. The first-order valence-electron chi connectivity index (χ1n) is 10.7. The Morgan fingerprint density at radius 1 is 1.10 bits per heavy atom. The molecule has 4 nitrogen and oxygen atoms in total. The number of unbranched alkanes of at least 4 members (excludes halogenated alkanes) is 2. The number of aryl methyl sites for hydroxylation is 1. The molecule has 0 radical (unpaired) electrons. The molecule has 3 rings (SSSR count). The summed E-state index contributed by atoms with van der Waals surface area (Å²) < 4.78 is 0. The van der Waals surface area contributed by atoms with E-state index in [1.807, 2.05) is 30.5 Å². The molecule has 0 saturated heterocycles. The highest BCUT2D eigenvalue weighted by molar-refractivity contribution is 7.98. The lowest BCUT2D eigenvalue weighted by atomic mass is 9.92. The lowest BCUT2D eigenvalue weighted by Gasteiger charge is -2.19. The SMILES string of the molecule is CCCCCC(CNC(=O)Nc1c(SC)ccc2ncccc12)c1ccc(C)cc1. The number of pyridine rings is 1. The van der Waals surface area contributed by atoms with Gasteiger partial charge in [-0.25, -0.2) is 4.79 Å². The van der Waals surface area contributed by atoms with Gasteiger partial charge in [0.15, 0.2) is 0 Å². The van der Waals surface area contributed by atoms with Crippen LogP contribution in [0.1, 0.15) is 49.7 Å². The van der Waals surface area contributed by atoms with Crippen molar-refractivity contribution < 1.29 is 4.79 Å². The second kappa shape index (κ2) is 11.0. The summed E-state index contributed by atoms with van der Waals surface area (Å²) >= 11 is 1.62. The van der Waals surface area contributed by atoms with Gasteiger partial charge in [0.25, 0.3) is 0 Å². The van der Waals surface area contributed by atoms with Gasteiger partial charge in [-0.05, 0) is 49.4 Å². The number of fused-ring (bicyclic) bond motifs is 1. The van der Waals surface area contributed by atoms with E-state index >= 15 is 0 Å². The molecule has 0 saturated carbocycles. The number of nitrogens with one attached hydrogen (secondary N) is 2. The second-order valence-corrected chi connectivity index (χ2v) is 8.50. The van der Waals surface area contributed by atoms with Crippen molar-refractivity contribution in [2.45, 2.75) is 50.3 Å². The molecule has 2 aromatic carbocycles. The summed E-state index contributed by atoms with van der Waals surface area (Å²) in [5.41, 5.74) is 4.24. The average Bonchev–Trinajstić information content (AvgIpc) is 2.77. The van der Waals surface area contributed by atoms with Crippen LogP contribution in [0.4, 0.5) is 10.5 Å². The number of anilines is 1. The van der Waals surface area contributed by atoms with Crippen LogP contribution in [0.3, 0.4) is 0 Å². The largest absolute Gasteiger partial charge is 0.337 e. The van der Waals surface area contributed by atoms with Crippen LogP contribution in [-0.4, -0.2) is 23.8 Å². The number of hydrogen-bond donors (Lipinski definition) is 2. The minimum Gasteiger partial charge on any atom is -0.337 e. The van der Waals surface area contributed by atoms with Crippen LogP contribution in [0.15, 0.2) is 59.6 Å². The van der Waals surface area contributed by atoms with Gasteiger partial charge in [-0.2, -0.15) is 0 Å². The number of nitrogens with zero attached hydrogens (tertiary/aromatic N) is 1. The van der Waals surface area contributed by atoms with Crippen molar-refractivity contribution in [3.8, 4) is 0 Å². The van der Waals surface area contributed by atoms with E-state index in [-0.39, 0.29) is 6.03 Å². The zero-order chi connectivity index (χ0) is 21.3. The predicted octanol–water partition coefficient (Wildman–Crippen LogP) is 6.75. The lowest BCUT2D eigenvalue weighted by molar-refractivity contribution is 0.251. The Bertz CT molecular complexity index is 972. The van der Waals surface area contributed by atoms with Gasteiger partial charge in [-0.1, -0.05) is 56.0 Å². The molecule has 3 aromatic rings. The number of carbonyl (C=O) groups is 1. The second-order valence-electron chi connectivity index (χ2n) is 7.65. The van der Waals surface area contributed by atoms with E-state index in [4.69, 9.17) is 0 Å². The number of thioether (sulfide) groups is 1. The lowest BCUT2D eigenvalue weighted by Crippen LogP contribution is -2.32. The Kier molecular flexibility index (Phi) is 8.14. The molecule has 30 heavy (non-hydrogen) atoms. The van der Waals surface area contributed by atoms with Gasteiger partial charge < -0.3 is 10.6 Å². The number of hydrogen-bond acceptors (Lipinski definition) is 3. The minimum absolute atomic E-state index is 0.172. The highest BCUT2D eigenvalue weighted by Crippen LogP contribution is 2.32. The fraction of sp³-hybridized carbons (Fsp3) is 0.360. The molecule has 0 aliphatic heterocycles. The number of aromatic nitrogens is 1. The summed E-state index contributed by atoms with van der Waals surface area (Å²) in [5, 5.41) is 7.14. The number of rotatable bonds is 9. The normalized spacial score (nSPS) is 12.0. The third-order valence-electron chi connectivity index (χ3n) is 5.42. The van der Waals surface area contributed by atoms with Gasteiger partial charge >= 0.3 is 6.03 Å². The molecule has 0 spiro atoms. The van der Waals surface area contributed by atoms with Crippen LogP contribution in [0, 0.1) is 6.92 Å². The fourth-order valence-electron chi connectivity index (χ4n) is 3.67. The van der Waals surface area contributed by atoms with Gasteiger partial charge in [0, 0.05) is 28.9 Å². The zero-order valence-electron chi connectivity index (χ0n) is 18.1. The molecule has 2 N–H and O–H groups in total. The molecule has 1 aromatic heterocycles. The molecule has 5 heteroatoms. The molecular formula is C25H31N3OS. The first-order valence-corrected chi connectivity index (χ1v) is 11.9. The molecular weight excluding hydrogens is 390 g/mol. The van der Waals surface area contributed by atoms with E-state index in [1.54, 1.807) is 18.0 Å². The molecule has 0 aliphatic rings. The van der Waals surface area contributed by atoms with Crippen molar-refractivity contribution in [1.29, 1.82) is 0 Å². The molecule has 0 aliphatic carbocycles. The van der Waals surface area contributed by atoms with Crippen LogP contribution in [0.5, 0.6) is 0 Å². The van der Waals surface area contributed by atoms with Crippen molar-refractivity contribution in [3.05, 3.63) is 65.9 Å². The molecule has 0 bridgehead atoms. The number of carbonyl (C=O) groups excluding carboxylic acids is 1. The maximum Gasteiger partial charge on any atom is 0.319 e. The van der Waals surface area contributed by atoms with Gasteiger partial charge in [0.1, 0.15) is 0 Å². The van der Waals surface area contributed by atoms with Crippen LogP contribution in [0.25, 0.3) is 10.9 Å². The monoisotopic (exact) mass is 421 g/mol. The van der Waals surface area contributed by atoms with E-state index in [0.29, 0.717) is 12.5 Å². The number of amides is 2.